The summed E-state index contributed by atoms with van der Waals surface area (Å²) in [6, 6.07) is 0. The first kappa shape index (κ1) is 24.9. The summed E-state index contributed by atoms with van der Waals surface area (Å²) < 4.78 is 0. The van der Waals surface area contributed by atoms with Gasteiger partial charge in [-0.05, 0) is 78.9 Å². The second-order valence-corrected chi connectivity index (χ2v) is 12.4. The molecule has 0 aromatic rings. The Morgan fingerprint density at radius 1 is 1.18 bits per heavy atom. The van der Waals surface area contributed by atoms with Gasteiger partial charge in [-0.25, -0.2) is 0 Å². The zero-order chi connectivity index (χ0) is 25.2. The molecule has 5 heteroatoms. The number of hydrogen-bond acceptors (Lipinski definition) is 3. The highest BCUT2D eigenvalue weighted by Gasteiger charge is 2.66. The van der Waals surface area contributed by atoms with Crippen molar-refractivity contribution in [1.82, 2.24) is 0 Å². The molecule has 0 aromatic heterocycles. The molecule has 0 aromatic carbocycles. The summed E-state index contributed by atoms with van der Waals surface area (Å²) in [5, 5.41) is 19.0. The maximum Gasteiger partial charge on any atom is 0.307 e. The topological polar surface area (TPSA) is 91.7 Å². The lowest BCUT2D eigenvalue weighted by molar-refractivity contribution is -0.138. The third kappa shape index (κ3) is 3.45. The minimum absolute atomic E-state index is 0.00909. The Morgan fingerprint density at radius 3 is 2.44 bits per heavy atom. The van der Waals surface area contributed by atoms with Crippen LogP contribution in [0.4, 0.5) is 0 Å². The molecule has 0 aliphatic heterocycles. The van der Waals surface area contributed by atoms with Crippen molar-refractivity contribution < 1.29 is 24.6 Å². The molecule has 0 spiro atoms. The van der Waals surface area contributed by atoms with E-state index in [2.05, 4.69) is 47.3 Å². The SMILES string of the molecule is C=C(C)C1CC=C2C(CCC3(C)C4C(=C(CC(=O)O)C(=O)CC4C)CC23C)C1(C)CCC(=O)O. The highest BCUT2D eigenvalue weighted by molar-refractivity contribution is 6.01. The van der Waals surface area contributed by atoms with Crippen molar-refractivity contribution in [3.8, 4) is 0 Å². The molecule has 4 aliphatic rings. The van der Waals surface area contributed by atoms with Gasteiger partial charge in [0, 0.05) is 18.4 Å². The van der Waals surface area contributed by atoms with Gasteiger partial charge in [0.05, 0.1) is 6.42 Å². The van der Waals surface area contributed by atoms with Gasteiger partial charge in [-0.1, -0.05) is 57.1 Å². The largest absolute Gasteiger partial charge is 0.481 e. The van der Waals surface area contributed by atoms with E-state index < -0.39 is 11.9 Å². The average molecular weight is 469 g/mol. The molecule has 2 fully saturated rings. The van der Waals surface area contributed by atoms with E-state index in [1.165, 1.54) is 5.57 Å². The first-order valence-electron chi connectivity index (χ1n) is 12.8. The van der Waals surface area contributed by atoms with Crippen molar-refractivity contribution in [2.24, 2.45) is 39.9 Å². The fourth-order valence-corrected chi connectivity index (χ4v) is 8.91. The molecule has 2 N–H and O–H groups in total. The van der Waals surface area contributed by atoms with Gasteiger partial charge in [-0.15, -0.1) is 0 Å². The zero-order valence-electron chi connectivity index (χ0n) is 21.4. The number of carboxylic acid groups (broad SMARTS) is 2. The van der Waals surface area contributed by atoms with Crippen LogP contribution in [0.2, 0.25) is 0 Å². The Morgan fingerprint density at radius 2 is 1.85 bits per heavy atom. The monoisotopic (exact) mass is 468 g/mol. The maximum absolute atomic E-state index is 12.9. The predicted octanol–water partition coefficient (Wildman–Crippen LogP) is 6.20. The molecule has 5 nitrogen and oxygen atoms in total. The standard InChI is InChI=1S/C29H40O5/c1-16(2)20-7-8-22-21(27(20,4)11-10-24(31)32)9-12-28(5)26-17(3)13-23(30)18(14-25(33)34)19(26)15-29(22,28)6/h8,17,20-21,26H,1,7,9-15H2,2-6H3,(H,31,32)(H,33,34). The van der Waals surface area contributed by atoms with Crippen LogP contribution in [0, 0.1) is 39.9 Å². The summed E-state index contributed by atoms with van der Waals surface area (Å²) in [5.74, 6) is -0.740. The van der Waals surface area contributed by atoms with Gasteiger partial charge >= 0.3 is 11.9 Å². The minimum Gasteiger partial charge on any atom is -0.481 e. The van der Waals surface area contributed by atoms with Crippen LogP contribution in [0.1, 0.15) is 86.0 Å². The smallest absolute Gasteiger partial charge is 0.307 e. The molecular weight excluding hydrogens is 428 g/mol. The number of Topliss-reactive ketones (excluding diaryl/α,β-unsaturated/α-hetero) is 1. The summed E-state index contributed by atoms with van der Waals surface area (Å²) >= 11 is 0. The second kappa shape index (κ2) is 8.20. The number of allylic oxidation sites excluding steroid dienone is 4. The second-order valence-electron chi connectivity index (χ2n) is 12.4. The summed E-state index contributed by atoms with van der Waals surface area (Å²) in [7, 11) is 0. The number of fused-ring (bicyclic) bond motifs is 5. The van der Waals surface area contributed by atoms with Crippen LogP contribution in [-0.4, -0.2) is 27.9 Å². The van der Waals surface area contributed by atoms with Crippen molar-refractivity contribution in [2.45, 2.75) is 86.0 Å². The molecule has 7 atom stereocenters. The van der Waals surface area contributed by atoms with E-state index in [1.54, 1.807) is 0 Å². The third-order valence-corrected chi connectivity index (χ3v) is 10.6. The molecule has 7 unspecified atom stereocenters. The number of rotatable bonds is 6. The Hall–Kier alpha value is -2.17. The van der Waals surface area contributed by atoms with Gasteiger partial charge in [0.1, 0.15) is 0 Å². The Bertz CT molecular complexity index is 1020. The Kier molecular flexibility index (Phi) is 6.02. The van der Waals surface area contributed by atoms with Crippen LogP contribution in [-0.2, 0) is 14.4 Å². The summed E-state index contributed by atoms with van der Waals surface area (Å²) in [6.45, 7) is 15.5. The van der Waals surface area contributed by atoms with Crippen LogP contribution in [0.15, 0.2) is 34.9 Å². The van der Waals surface area contributed by atoms with Crippen molar-refractivity contribution in [1.29, 1.82) is 0 Å². The van der Waals surface area contributed by atoms with E-state index in [-0.39, 0.29) is 58.5 Å². The fourth-order valence-electron chi connectivity index (χ4n) is 8.91. The number of carboxylic acids is 2. The van der Waals surface area contributed by atoms with E-state index in [4.69, 9.17) is 0 Å². The predicted molar refractivity (Wildman–Crippen MR) is 131 cm³/mol. The van der Waals surface area contributed by atoms with Gasteiger partial charge in [0.25, 0.3) is 0 Å². The molecule has 0 radical (unpaired) electrons. The van der Waals surface area contributed by atoms with Gasteiger partial charge < -0.3 is 10.2 Å². The number of hydrogen-bond donors (Lipinski definition) is 2. The molecule has 186 valence electrons. The van der Waals surface area contributed by atoms with Gasteiger partial charge in [-0.3, -0.25) is 14.4 Å². The molecule has 0 heterocycles. The molecule has 2 saturated carbocycles. The molecule has 4 rings (SSSR count). The average Bonchev–Trinajstić information content (AvgIpc) is 2.98. The van der Waals surface area contributed by atoms with Crippen molar-refractivity contribution in [3.63, 3.8) is 0 Å². The van der Waals surface area contributed by atoms with Crippen molar-refractivity contribution in [3.05, 3.63) is 34.9 Å². The van der Waals surface area contributed by atoms with Crippen molar-refractivity contribution >= 4 is 17.7 Å². The molecular formula is C29H40O5. The van der Waals surface area contributed by atoms with Crippen LogP contribution in [0.25, 0.3) is 0 Å². The Labute approximate surface area is 203 Å². The lowest BCUT2D eigenvalue weighted by atomic mass is 9.44. The van der Waals surface area contributed by atoms with E-state index in [9.17, 15) is 24.6 Å². The fraction of sp³-hybridized carbons (Fsp3) is 0.690. The molecule has 4 aliphatic carbocycles. The lowest BCUT2D eigenvalue weighted by Crippen LogP contribution is -2.52. The van der Waals surface area contributed by atoms with Crippen molar-refractivity contribution in [2.75, 3.05) is 0 Å². The van der Waals surface area contributed by atoms with Crippen LogP contribution < -0.4 is 0 Å². The van der Waals surface area contributed by atoms with Crippen LogP contribution >= 0.6 is 0 Å². The number of aliphatic carboxylic acids is 2. The van der Waals surface area contributed by atoms with Crippen LogP contribution in [0.3, 0.4) is 0 Å². The highest BCUT2D eigenvalue weighted by atomic mass is 16.4. The minimum atomic E-state index is -0.936. The first-order chi connectivity index (χ1) is 15.8. The highest BCUT2D eigenvalue weighted by Crippen LogP contribution is 2.74. The van der Waals surface area contributed by atoms with E-state index >= 15 is 0 Å². The summed E-state index contributed by atoms with van der Waals surface area (Å²) in [6.07, 6.45) is 7.04. The Balaban J connectivity index is 1.83. The quantitative estimate of drug-likeness (QED) is 0.453. The molecule has 0 amide bonds. The van der Waals surface area contributed by atoms with E-state index in [0.717, 1.165) is 36.8 Å². The first-order valence-corrected chi connectivity index (χ1v) is 12.8. The van der Waals surface area contributed by atoms with Gasteiger partial charge in [0.2, 0.25) is 0 Å². The molecule has 34 heavy (non-hydrogen) atoms. The summed E-state index contributed by atoms with van der Waals surface area (Å²) in [5.41, 5.74) is 3.80. The number of carbonyl (C=O) groups excluding carboxylic acids is 1. The molecule has 0 saturated heterocycles. The maximum atomic E-state index is 12.9. The lowest BCUT2D eigenvalue weighted by Gasteiger charge is -2.60. The number of ketones is 1. The van der Waals surface area contributed by atoms with E-state index in [0.29, 0.717) is 18.4 Å². The number of carbonyl (C=O) groups is 3. The van der Waals surface area contributed by atoms with Gasteiger partial charge in [0.15, 0.2) is 5.78 Å². The molecule has 0 bridgehead atoms. The zero-order valence-corrected chi connectivity index (χ0v) is 21.4. The van der Waals surface area contributed by atoms with E-state index in [1.807, 2.05) is 0 Å². The van der Waals surface area contributed by atoms with Crippen LogP contribution in [0.5, 0.6) is 0 Å². The summed E-state index contributed by atoms with van der Waals surface area (Å²) in [4.78, 5) is 36.1. The van der Waals surface area contributed by atoms with Gasteiger partial charge in [-0.2, -0.15) is 0 Å². The third-order valence-electron chi connectivity index (χ3n) is 10.6. The normalized spacial score (nSPS) is 41.3.